The molecule has 0 radical (unpaired) electrons. The maximum Gasteiger partial charge on any atom is 0.324 e. The Labute approximate surface area is 82.5 Å². The first kappa shape index (κ1) is 9.21. The molecule has 1 fully saturated rings. The summed E-state index contributed by atoms with van der Waals surface area (Å²) in [4.78, 5) is 11.0. The van der Waals surface area contributed by atoms with E-state index in [1.54, 1.807) is 0 Å². The van der Waals surface area contributed by atoms with E-state index in [-0.39, 0.29) is 5.92 Å². The fraction of sp³-hybridized carbons (Fsp3) is 0.364. The van der Waals surface area contributed by atoms with E-state index < -0.39 is 11.5 Å². The first-order chi connectivity index (χ1) is 6.64. The maximum atomic E-state index is 11.0. The highest BCUT2D eigenvalue weighted by Gasteiger charge is 2.50. The highest BCUT2D eigenvalue weighted by Crippen LogP contribution is 2.44. The Morgan fingerprint density at radius 1 is 1.43 bits per heavy atom. The van der Waals surface area contributed by atoms with Crippen molar-refractivity contribution in [2.24, 2.45) is 5.73 Å². The maximum absolute atomic E-state index is 11.0. The molecule has 3 nitrogen and oxygen atoms in total. The zero-order chi connectivity index (χ0) is 10.2. The molecule has 1 aromatic rings. The van der Waals surface area contributed by atoms with Gasteiger partial charge in [-0.15, -0.1) is 0 Å². The van der Waals surface area contributed by atoms with Gasteiger partial charge in [-0.05, 0) is 18.4 Å². The first-order valence-electron chi connectivity index (χ1n) is 4.72. The Hall–Kier alpha value is -1.35. The molecule has 2 atom stereocenters. The predicted molar refractivity (Wildman–Crippen MR) is 53.0 cm³/mol. The lowest BCUT2D eigenvalue weighted by Crippen LogP contribution is -2.59. The highest BCUT2D eigenvalue weighted by molar-refractivity contribution is 5.81. The summed E-state index contributed by atoms with van der Waals surface area (Å²) < 4.78 is 0. The molecule has 0 spiro atoms. The standard InChI is InChI=1S/C11H13NO2/c12-11(10(13)14)7-6-9(11)8-4-2-1-3-5-8/h1-5,9H,6-7,12H2,(H,13,14)/t9-,11+/m1/s1. The van der Waals surface area contributed by atoms with Gasteiger partial charge >= 0.3 is 5.97 Å². The van der Waals surface area contributed by atoms with Crippen LogP contribution in [0.3, 0.4) is 0 Å². The molecular formula is C11H13NO2. The van der Waals surface area contributed by atoms with E-state index in [0.717, 1.165) is 12.0 Å². The fourth-order valence-electron chi connectivity index (χ4n) is 2.01. The Kier molecular flexibility index (Phi) is 2.04. The van der Waals surface area contributed by atoms with E-state index in [2.05, 4.69) is 0 Å². The summed E-state index contributed by atoms with van der Waals surface area (Å²) in [5.41, 5.74) is 5.81. The van der Waals surface area contributed by atoms with Crippen molar-refractivity contribution in [3.63, 3.8) is 0 Å². The van der Waals surface area contributed by atoms with Crippen LogP contribution in [0.1, 0.15) is 24.3 Å². The van der Waals surface area contributed by atoms with Gasteiger partial charge in [0.25, 0.3) is 0 Å². The van der Waals surface area contributed by atoms with Gasteiger partial charge in [-0.1, -0.05) is 30.3 Å². The molecule has 1 aliphatic rings. The average Bonchev–Trinajstić information content (AvgIpc) is 2.16. The van der Waals surface area contributed by atoms with Crippen molar-refractivity contribution in [2.75, 3.05) is 0 Å². The van der Waals surface area contributed by atoms with Crippen molar-refractivity contribution in [2.45, 2.75) is 24.3 Å². The quantitative estimate of drug-likeness (QED) is 0.741. The number of benzene rings is 1. The van der Waals surface area contributed by atoms with E-state index in [1.165, 1.54) is 0 Å². The van der Waals surface area contributed by atoms with E-state index in [4.69, 9.17) is 10.8 Å². The van der Waals surface area contributed by atoms with Gasteiger partial charge < -0.3 is 10.8 Å². The van der Waals surface area contributed by atoms with Crippen molar-refractivity contribution in [3.05, 3.63) is 35.9 Å². The third-order valence-electron chi connectivity index (χ3n) is 3.07. The lowest BCUT2D eigenvalue weighted by Gasteiger charge is -2.43. The summed E-state index contributed by atoms with van der Waals surface area (Å²) in [5.74, 6) is -0.918. The zero-order valence-electron chi connectivity index (χ0n) is 7.81. The number of carboxylic acids is 1. The first-order valence-corrected chi connectivity index (χ1v) is 4.72. The number of carbonyl (C=O) groups is 1. The zero-order valence-corrected chi connectivity index (χ0v) is 7.81. The molecule has 1 aromatic carbocycles. The highest BCUT2D eigenvalue weighted by atomic mass is 16.4. The topological polar surface area (TPSA) is 63.3 Å². The second-order valence-corrected chi connectivity index (χ2v) is 3.85. The number of rotatable bonds is 2. The SMILES string of the molecule is N[C@@]1(C(=O)O)CC[C@@H]1c1ccccc1. The minimum Gasteiger partial charge on any atom is -0.480 e. The van der Waals surface area contributed by atoms with Gasteiger partial charge in [0.2, 0.25) is 0 Å². The third-order valence-corrected chi connectivity index (χ3v) is 3.07. The Morgan fingerprint density at radius 2 is 2.07 bits per heavy atom. The molecule has 1 aliphatic carbocycles. The van der Waals surface area contributed by atoms with Gasteiger partial charge in [0, 0.05) is 5.92 Å². The van der Waals surface area contributed by atoms with Gasteiger partial charge in [-0.2, -0.15) is 0 Å². The van der Waals surface area contributed by atoms with Crippen LogP contribution in [0.15, 0.2) is 30.3 Å². The Bertz CT molecular complexity index is 350. The van der Waals surface area contributed by atoms with Crippen molar-refractivity contribution in [1.29, 1.82) is 0 Å². The average molecular weight is 191 g/mol. The number of hydrogen-bond donors (Lipinski definition) is 2. The summed E-state index contributed by atoms with van der Waals surface area (Å²) in [5, 5.41) is 9.00. The van der Waals surface area contributed by atoms with Crippen molar-refractivity contribution >= 4 is 5.97 Å². The summed E-state index contributed by atoms with van der Waals surface area (Å²) in [6, 6.07) is 9.62. The van der Waals surface area contributed by atoms with Crippen molar-refractivity contribution in [3.8, 4) is 0 Å². The van der Waals surface area contributed by atoms with Crippen LogP contribution in [-0.4, -0.2) is 16.6 Å². The molecule has 14 heavy (non-hydrogen) atoms. The Morgan fingerprint density at radius 3 is 2.50 bits per heavy atom. The molecule has 1 saturated carbocycles. The van der Waals surface area contributed by atoms with Gasteiger partial charge in [0.15, 0.2) is 0 Å². The van der Waals surface area contributed by atoms with Gasteiger partial charge in [-0.25, -0.2) is 0 Å². The summed E-state index contributed by atoms with van der Waals surface area (Å²) in [7, 11) is 0. The number of aliphatic carboxylic acids is 1. The second-order valence-electron chi connectivity index (χ2n) is 3.85. The molecule has 3 N–H and O–H groups in total. The lowest BCUT2D eigenvalue weighted by molar-refractivity contribution is -0.147. The summed E-state index contributed by atoms with van der Waals surface area (Å²) >= 11 is 0. The molecule has 3 heteroatoms. The number of carboxylic acid groups (broad SMARTS) is 1. The molecule has 0 bridgehead atoms. The van der Waals surface area contributed by atoms with Gasteiger partial charge in [-0.3, -0.25) is 4.79 Å². The van der Waals surface area contributed by atoms with Crippen LogP contribution in [0.25, 0.3) is 0 Å². The van der Waals surface area contributed by atoms with Crippen LogP contribution < -0.4 is 5.73 Å². The van der Waals surface area contributed by atoms with Crippen LogP contribution in [0, 0.1) is 0 Å². The predicted octanol–water partition coefficient (Wildman–Crippen LogP) is 1.35. The van der Waals surface area contributed by atoms with Crippen LogP contribution in [0.5, 0.6) is 0 Å². The second kappa shape index (κ2) is 3.10. The molecule has 0 saturated heterocycles. The largest absolute Gasteiger partial charge is 0.480 e. The molecule has 74 valence electrons. The smallest absolute Gasteiger partial charge is 0.324 e. The third kappa shape index (κ3) is 1.21. The fourth-order valence-corrected chi connectivity index (χ4v) is 2.01. The number of nitrogens with two attached hydrogens (primary N) is 1. The monoisotopic (exact) mass is 191 g/mol. The number of hydrogen-bond acceptors (Lipinski definition) is 2. The molecule has 0 heterocycles. The van der Waals surface area contributed by atoms with E-state index >= 15 is 0 Å². The van der Waals surface area contributed by atoms with E-state index in [9.17, 15) is 4.79 Å². The molecular weight excluding hydrogens is 178 g/mol. The molecule has 0 aromatic heterocycles. The normalized spacial score (nSPS) is 30.8. The van der Waals surface area contributed by atoms with Crippen LogP contribution >= 0.6 is 0 Å². The Balaban J connectivity index is 2.26. The van der Waals surface area contributed by atoms with Gasteiger partial charge in [0.1, 0.15) is 5.54 Å². The van der Waals surface area contributed by atoms with Gasteiger partial charge in [0.05, 0.1) is 0 Å². The lowest BCUT2D eigenvalue weighted by atomic mass is 9.64. The van der Waals surface area contributed by atoms with Crippen molar-refractivity contribution in [1.82, 2.24) is 0 Å². The summed E-state index contributed by atoms with van der Waals surface area (Å²) in [6.07, 6.45) is 1.44. The van der Waals surface area contributed by atoms with E-state index in [0.29, 0.717) is 6.42 Å². The molecule has 0 aliphatic heterocycles. The minimum absolute atomic E-state index is 0.0267. The van der Waals surface area contributed by atoms with Crippen LogP contribution in [0.4, 0.5) is 0 Å². The van der Waals surface area contributed by atoms with Crippen LogP contribution in [-0.2, 0) is 4.79 Å². The van der Waals surface area contributed by atoms with Crippen LogP contribution in [0.2, 0.25) is 0 Å². The molecule has 2 rings (SSSR count). The van der Waals surface area contributed by atoms with E-state index in [1.807, 2.05) is 30.3 Å². The summed E-state index contributed by atoms with van der Waals surface area (Å²) in [6.45, 7) is 0. The molecule has 0 amide bonds. The van der Waals surface area contributed by atoms with Crippen molar-refractivity contribution < 1.29 is 9.90 Å². The minimum atomic E-state index is -1.04. The molecule has 0 unspecified atom stereocenters.